The van der Waals surface area contributed by atoms with Gasteiger partial charge in [-0.1, -0.05) is 0 Å². The molecule has 0 unspecified atom stereocenters. The van der Waals surface area contributed by atoms with Gasteiger partial charge in [0, 0.05) is 0 Å². The van der Waals surface area contributed by atoms with E-state index in [-0.39, 0.29) is 5.76 Å². The first-order valence-corrected chi connectivity index (χ1v) is 3.67. The summed E-state index contributed by atoms with van der Waals surface area (Å²) >= 11 is 0.599. The van der Waals surface area contributed by atoms with E-state index in [2.05, 4.69) is 3.07 Å². The summed E-state index contributed by atoms with van der Waals surface area (Å²) in [6.07, 6.45) is -4.37. The Balaban J connectivity index is 4.30. The van der Waals surface area contributed by atoms with Crippen LogP contribution in [0.25, 0.3) is 0 Å². The average Bonchev–Trinajstić information content (AvgIpc) is 1.85. The monoisotopic (exact) mass is 273 g/mol. The van der Waals surface area contributed by atoms with Crippen molar-refractivity contribution in [1.29, 1.82) is 0 Å². The molecule has 0 N–H and O–H groups in total. The molecule has 0 atom stereocenters. The molecule has 0 aliphatic rings. The molecule has 0 fully saturated rings. The van der Waals surface area contributed by atoms with Gasteiger partial charge in [0.2, 0.25) is 0 Å². The summed E-state index contributed by atoms with van der Waals surface area (Å²) in [4.78, 5) is 10.2. The minimum atomic E-state index is -4.80. The molecule has 0 aromatic heterocycles. The molecule has 0 rings (SSSR count). The topological polar surface area (TPSA) is 26.3 Å². The molecule has 6 heteroatoms. The van der Waals surface area contributed by atoms with Crippen molar-refractivity contribution in [2.45, 2.75) is 13.1 Å². The van der Waals surface area contributed by atoms with Gasteiger partial charge in [-0.25, -0.2) is 0 Å². The van der Waals surface area contributed by atoms with Gasteiger partial charge >= 0.3 is 74.7 Å². The molecule has 3 radical (unpaired) electrons. The van der Waals surface area contributed by atoms with Gasteiger partial charge in [0.05, 0.1) is 0 Å². The predicted octanol–water partition coefficient (Wildman–Crippen LogP) is 1.12. The van der Waals surface area contributed by atoms with Crippen molar-refractivity contribution >= 4 is 28.7 Å². The standard InChI is InChI=1S/C5H5F3O2.Sn/c1-3(9)2-4(10)5(6,7)8;/h2,9H,1H3;/q;+1/p-1/b3-2-;. The van der Waals surface area contributed by atoms with Crippen LogP contribution in [0.5, 0.6) is 0 Å². The van der Waals surface area contributed by atoms with Crippen LogP contribution < -0.4 is 0 Å². The minimum absolute atomic E-state index is 0.0227. The summed E-state index contributed by atoms with van der Waals surface area (Å²) in [5.41, 5.74) is 0. The van der Waals surface area contributed by atoms with Crippen LogP contribution in [0.3, 0.4) is 0 Å². The molecule has 11 heavy (non-hydrogen) atoms. The van der Waals surface area contributed by atoms with Crippen LogP contribution in [-0.4, -0.2) is 34.9 Å². The van der Waals surface area contributed by atoms with Crippen molar-refractivity contribution in [3.63, 3.8) is 0 Å². The fourth-order valence-electron chi connectivity index (χ4n) is 0.296. The first kappa shape index (κ1) is 10.8. The molecule has 0 amide bonds. The fraction of sp³-hybridized carbons (Fsp3) is 0.400. The second-order valence-electron chi connectivity index (χ2n) is 1.72. The number of carbonyl (C=O) groups excluding carboxylic acids is 1. The van der Waals surface area contributed by atoms with Crippen molar-refractivity contribution in [3.8, 4) is 0 Å². The molecule has 0 saturated carbocycles. The normalized spacial score (nSPS) is 13.0. The molecule has 2 nitrogen and oxygen atoms in total. The number of hydrogen-bond acceptors (Lipinski definition) is 2. The molecule has 0 spiro atoms. The van der Waals surface area contributed by atoms with Crippen LogP contribution in [0, 0.1) is 0 Å². The zero-order valence-corrected chi connectivity index (χ0v) is 8.38. The predicted molar refractivity (Wildman–Crippen MR) is 31.7 cm³/mol. The molecule has 0 aliphatic heterocycles. The van der Waals surface area contributed by atoms with Gasteiger partial charge in [-0.15, -0.1) is 0 Å². The van der Waals surface area contributed by atoms with Crippen molar-refractivity contribution < 1.29 is 21.0 Å². The molecule has 0 bridgehead atoms. The number of allylic oxidation sites excluding steroid dienone is 2. The fourth-order valence-corrected chi connectivity index (χ4v) is 0.464. The van der Waals surface area contributed by atoms with E-state index in [9.17, 15) is 18.0 Å². The third-order valence-electron chi connectivity index (χ3n) is 0.775. The molecular formula is C5H4F3O2Sn. The third-order valence-corrected chi connectivity index (χ3v) is 1.69. The van der Waals surface area contributed by atoms with Crippen LogP contribution in [-0.2, 0) is 7.87 Å². The Morgan fingerprint density at radius 2 is 2.00 bits per heavy atom. The zero-order valence-electron chi connectivity index (χ0n) is 5.53. The molecule has 0 aromatic rings. The van der Waals surface area contributed by atoms with Gasteiger partial charge < -0.3 is 0 Å². The number of rotatable bonds is 2. The van der Waals surface area contributed by atoms with Gasteiger partial charge in [0.15, 0.2) is 0 Å². The summed E-state index contributed by atoms with van der Waals surface area (Å²) in [6, 6.07) is 0. The van der Waals surface area contributed by atoms with Gasteiger partial charge in [-0.2, -0.15) is 0 Å². The van der Waals surface area contributed by atoms with Crippen LogP contribution in [0.1, 0.15) is 6.92 Å². The number of carbonyl (C=O) groups is 1. The van der Waals surface area contributed by atoms with Gasteiger partial charge in [-0.3, -0.25) is 0 Å². The van der Waals surface area contributed by atoms with Crippen molar-refractivity contribution in [2.75, 3.05) is 0 Å². The average molecular weight is 272 g/mol. The third kappa shape index (κ3) is 4.28. The molecule has 0 aromatic carbocycles. The van der Waals surface area contributed by atoms with E-state index in [4.69, 9.17) is 0 Å². The van der Waals surface area contributed by atoms with Crippen molar-refractivity contribution in [2.24, 2.45) is 0 Å². The summed E-state index contributed by atoms with van der Waals surface area (Å²) in [5.74, 6) is -1.91. The Morgan fingerprint density at radius 1 is 1.55 bits per heavy atom. The van der Waals surface area contributed by atoms with Crippen molar-refractivity contribution in [1.82, 2.24) is 0 Å². The number of ketones is 1. The summed E-state index contributed by atoms with van der Waals surface area (Å²) in [7, 11) is 0. The van der Waals surface area contributed by atoms with Crippen LogP contribution in [0.2, 0.25) is 0 Å². The first-order valence-electron chi connectivity index (χ1n) is 2.51. The van der Waals surface area contributed by atoms with Crippen LogP contribution in [0.15, 0.2) is 11.8 Å². The molecule has 0 aliphatic carbocycles. The number of alkyl halides is 3. The Morgan fingerprint density at radius 3 is 2.27 bits per heavy atom. The van der Waals surface area contributed by atoms with Gasteiger partial charge in [-0.05, 0) is 0 Å². The molecular weight excluding hydrogens is 268 g/mol. The second-order valence-corrected chi connectivity index (χ2v) is 2.30. The summed E-state index contributed by atoms with van der Waals surface area (Å²) in [5, 5.41) is 0. The van der Waals surface area contributed by atoms with Crippen LogP contribution in [0.4, 0.5) is 13.2 Å². The summed E-state index contributed by atoms with van der Waals surface area (Å²) in [6.45, 7) is 1.29. The van der Waals surface area contributed by atoms with E-state index in [0.29, 0.717) is 29.0 Å². The maximum absolute atomic E-state index is 11.5. The maximum atomic E-state index is 11.5. The summed E-state index contributed by atoms with van der Waals surface area (Å²) < 4.78 is 39.0. The van der Waals surface area contributed by atoms with E-state index in [1.54, 1.807) is 0 Å². The van der Waals surface area contributed by atoms with E-state index in [0.717, 1.165) is 0 Å². The Bertz CT molecular complexity index is 185. The van der Waals surface area contributed by atoms with Crippen LogP contribution >= 0.6 is 0 Å². The Labute approximate surface area is 75.0 Å². The quantitative estimate of drug-likeness (QED) is 0.427. The molecule has 0 saturated heterocycles. The number of hydrogen-bond donors (Lipinski definition) is 0. The Hall–Kier alpha value is -0.201. The van der Waals surface area contributed by atoms with E-state index >= 15 is 0 Å². The Kier molecular flexibility index (Phi) is 3.91. The second kappa shape index (κ2) is 3.98. The van der Waals surface area contributed by atoms with Gasteiger partial charge in [0.25, 0.3) is 0 Å². The van der Waals surface area contributed by atoms with E-state index < -0.39 is 12.0 Å². The first-order chi connectivity index (χ1) is 4.88. The van der Waals surface area contributed by atoms with E-state index in [1.165, 1.54) is 6.92 Å². The molecule has 61 valence electrons. The number of halogens is 3. The van der Waals surface area contributed by atoms with Gasteiger partial charge in [0.1, 0.15) is 0 Å². The zero-order chi connectivity index (χ0) is 9.07. The van der Waals surface area contributed by atoms with Crippen molar-refractivity contribution in [3.05, 3.63) is 11.8 Å². The SMILES string of the molecule is C/C(=C/C(=O)C(F)(F)F)[O][Sn]. The molecule has 0 heterocycles. The van der Waals surface area contributed by atoms with E-state index in [1.807, 2.05) is 0 Å².